The topological polar surface area (TPSA) is 60.3 Å². The van der Waals surface area contributed by atoms with Gasteiger partial charge in [0.1, 0.15) is 0 Å². The van der Waals surface area contributed by atoms with E-state index in [2.05, 4.69) is 22.8 Å². The number of aryl methyl sites for hydroxylation is 1. The molecule has 4 nitrogen and oxygen atoms in total. The van der Waals surface area contributed by atoms with Crippen LogP contribution in [0.4, 0.5) is 0 Å². The van der Waals surface area contributed by atoms with Gasteiger partial charge in [0.15, 0.2) is 0 Å². The van der Waals surface area contributed by atoms with Crippen molar-refractivity contribution in [2.45, 2.75) is 45.6 Å². The van der Waals surface area contributed by atoms with Crippen molar-refractivity contribution in [1.29, 1.82) is 0 Å². The zero-order chi connectivity index (χ0) is 15.7. The van der Waals surface area contributed by atoms with E-state index in [0.29, 0.717) is 18.8 Å². The molecule has 0 aliphatic rings. The number of nitrogens with zero attached hydrogens (tertiary/aromatic N) is 1. The van der Waals surface area contributed by atoms with E-state index in [4.69, 9.17) is 0 Å². The second-order valence-electron chi connectivity index (χ2n) is 5.65. The minimum atomic E-state index is -0.487. The standard InChI is InChI=1S/C17H26N2O2.CH3.Y/c1-13(2)12-15(17(21)18-3)19-16(20)11-7-10-14-8-5-4-6-9-14;;/h4-6,8-9,13,15H,7,10-12H2,1-3H3,(H2,18,19,20,21);1H3;/q;-1;/p-1/t15-;;/m0../s1. The number of benzene rings is 1. The van der Waals surface area contributed by atoms with E-state index < -0.39 is 6.04 Å². The summed E-state index contributed by atoms with van der Waals surface area (Å²) in [6, 6.07) is 9.59. The molecule has 2 amide bonds. The number of hydrogen-bond acceptors (Lipinski definition) is 2. The molecule has 0 aliphatic heterocycles. The van der Waals surface area contributed by atoms with Crippen LogP contribution >= 0.6 is 0 Å². The van der Waals surface area contributed by atoms with Gasteiger partial charge in [0.2, 0.25) is 5.91 Å². The first-order valence-electron chi connectivity index (χ1n) is 7.50. The van der Waals surface area contributed by atoms with Crippen LogP contribution in [0.3, 0.4) is 0 Å². The molecule has 0 saturated carbocycles. The van der Waals surface area contributed by atoms with Gasteiger partial charge >= 0.3 is 0 Å². The smallest absolute Gasteiger partial charge is 0.220 e. The van der Waals surface area contributed by atoms with E-state index in [1.165, 1.54) is 12.6 Å². The van der Waals surface area contributed by atoms with Gasteiger partial charge in [-0.25, -0.2) is 0 Å². The molecular formula is C18H28N2O2Y-2. The second-order valence-corrected chi connectivity index (χ2v) is 5.65. The summed E-state index contributed by atoms with van der Waals surface area (Å²) in [5.74, 6) is 0.0130. The number of likely N-dealkylation sites (N-methyl/N-ethyl adjacent to an activating group) is 1. The van der Waals surface area contributed by atoms with Crippen molar-refractivity contribution in [3.8, 4) is 0 Å². The minimum Gasteiger partial charge on any atom is -0.654 e. The Morgan fingerprint density at radius 2 is 1.78 bits per heavy atom. The third kappa shape index (κ3) is 10.6. The first-order valence-corrected chi connectivity index (χ1v) is 7.50. The van der Waals surface area contributed by atoms with Crippen molar-refractivity contribution in [3.05, 3.63) is 48.6 Å². The van der Waals surface area contributed by atoms with Crippen LogP contribution in [0.5, 0.6) is 0 Å². The van der Waals surface area contributed by atoms with E-state index in [-0.39, 0.29) is 52.0 Å². The largest absolute Gasteiger partial charge is 0.654 e. The average molecular weight is 393 g/mol. The second kappa shape index (κ2) is 13.7. The van der Waals surface area contributed by atoms with Crippen LogP contribution in [-0.2, 0) is 48.7 Å². The maximum atomic E-state index is 11.9. The summed E-state index contributed by atoms with van der Waals surface area (Å²) < 4.78 is 0. The third-order valence-corrected chi connectivity index (χ3v) is 3.27. The van der Waals surface area contributed by atoms with Gasteiger partial charge in [-0.1, -0.05) is 44.2 Å². The van der Waals surface area contributed by atoms with Crippen LogP contribution in [0.25, 0.3) is 5.32 Å². The fourth-order valence-corrected chi connectivity index (χ4v) is 2.21. The molecule has 127 valence electrons. The maximum Gasteiger partial charge on any atom is 0.220 e. The molecule has 0 aliphatic carbocycles. The number of carbonyl (C=O) groups is 2. The molecule has 0 aromatic heterocycles. The summed E-state index contributed by atoms with van der Waals surface area (Å²) in [6.07, 6.45) is 2.71. The van der Waals surface area contributed by atoms with Gasteiger partial charge in [-0.2, -0.15) is 0 Å². The number of nitrogens with one attached hydrogen (secondary N) is 1. The molecule has 1 rings (SSSR count). The normalized spacial score (nSPS) is 11.0. The molecule has 1 radical (unpaired) electrons. The molecule has 0 heterocycles. The Morgan fingerprint density at radius 3 is 2.30 bits per heavy atom. The third-order valence-electron chi connectivity index (χ3n) is 3.27. The van der Waals surface area contributed by atoms with Gasteiger partial charge in [-0.05, 0) is 30.7 Å². The number of carbonyl (C=O) groups excluding carboxylic acids is 2. The summed E-state index contributed by atoms with van der Waals surface area (Å²) in [6.45, 7) is 4.05. The Morgan fingerprint density at radius 1 is 1.17 bits per heavy atom. The van der Waals surface area contributed by atoms with Crippen molar-refractivity contribution in [3.63, 3.8) is 0 Å². The summed E-state index contributed by atoms with van der Waals surface area (Å²) in [7, 11) is 1.47. The fourth-order valence-electron chi connectivity index (χ4n) is 2.21. The molecule has 1 aromatic rings. The molecule has 5 heteroatoms. The summed E-state index contributed by atoms with van der Waals surface area (Å²) in [5.41, 5.74) is 1.23. The van der Waals surface area contributed by atoms with E-state index in [1.54, 1.807) is 0 Å². The van der Waals surface area contributed by atoms with Crippen molar-refractivity contribution in [2.75, 3.05) is 7.05 Å². The van der Waals surface area contributed by atoms with Gasteiger partial charge < -0.3 is 22.9 Å². The van der Waals surface area contributed by atoms with E-state index >= 15 is 0 Å². The summed E-state index contributed by atoms with van der Waals surface area (Å²) in [5, 5.41) is 6.47. The summed E-state index contributed by atoms with van der Waals surface area (Å²) >= 11 is 0. The fraction of sp³-hybridized carbons (Fsp3) is 0.500. The first-order chi connectivity index (χ1) is 10.0. The monoisotopic (exact) mass is 393 g/mol. The molecule has 1 aromatic carbocycles. The van der Waals surface area contributed by atoms with E-state index in [1.807, 2.05) is 32.0 Å². The summed E-state index contributed by atoms with van der Waals surface area (Å²) in [4.78, 5) is 23.6. The van der Waals surface area contributed by atoms with Crippen molar-refractivity contribution in [2.24, 2.45) is 5.92 Å². The Hall–Kier alpha value is -0.736. The first kappa shape index (κ1) is 24.5. The number of hydrogen-bond donors (Lipinski definition) is 1. The van der Waals surface area contributed by atoms with Crippen molar-refractivity contribution >= 4 is 11.8 Å². The van der Waals surface area contributed by atoms with Crippen LogP contribution in [-0.4, -0.2) is 24.9 Å². The van der Waals surface area contributed by atoms with Crippen LogP contribution in [0, 0.1) is 13.3 Å². The predicted octanol–water partition coefficient (Wildman–Crippen LogP) is 3.52. The van der Waals surface area contributed by atoms with Crippen LogP contribution in [0.15, 0.2) is 30.3 Å². The van der Waals surface area contributed by atoms with Crippen molar-refractivity contribution < 1.29 is 42.3 Å². The molecule has 1 N–H and O–H groups in total. The molecule has 23 heavy (non-hydrogen) atoms. The molecule has 0 fully saturated rings. The Bertz CT molecular complexity index is 450. The van der Waals surface area contributed by atoms with Crippen molar-refractivity contribution in [1.82, 2.24) is 5.32 Å². The van der Waals surface area contributed by atoms with Crippen LogP contribution in [0.2, 0.25) is 0 Å². The number of amides is 2. The van der Waals surface area contributed by atoms with Gasteiger partial charge in [0.25, 0.3) is 0 Å². The Balaban J connectivity index is 0. The van der Waals surface area contributed by atoms with Gasteiger partial charge in [-0.15, -0.1) is 7.05 Å². The molecule has 0 bridgehead atoms. The van der Waals surface area contributed by atoms with Gasteiger partial charge in [0.05, 0.1) is 11.9 Å². The minimum absolute atomic E-state index is 0. The maximum absolute atomic E-state index is 11.9. The van der Waals surface area contributed by atoms with Crippen LogP contribution in [0.1, 0.15) is 38.7 Å². The van der Waals surface area contributed by atoms with Gasteiger partial charge in [0, 0.05) is 39.1 Å². The Labute approximate surface area is 166 Å². The van der Waals surface area contributed by atoms with E-state index in [0.717, 1.165) is 12.8 Å². The average Bonchev–Trinajstić information content (AvgIpc) is 2.46. The predicted molar refractivity (Wildman–Crippen MR) is 91.5 cm³/mol. The SMILES string of the molecule is C[N-]C(=O)[C@H](CC(C)C)NC(=O)CCCc1ccccc1.[CH3-].[Y]. The molecule has 1 atom stereocenters. The zero-order valence-electron chi connectivity index (χ0n) is 14.7. The van der Waals surface area contributed by atoms with Gasteiger partial charge in [-0.3, -0.25) is 4.79 Å². The molecule has 0 unspecified atom stereocenters. The molecule has 0 spiro atoms. The molecule has 0 saturated heterocycles. The zero-order valence-corrected chi connectivity index (χ0v) is 17.5. The van der Waals surface area contributed by atoms with Crippen LogP contribution < -0.4 is 5.32 Å². The molecular weight excluding hydrogens is 365 g/mol. The quantitative estimate of drug-likeness (QED) is 0.687. The number of rotatable bonds is 8. The van der Waals surface area contributed by atoms with E-state index in [9.17, 15) is 9.59 Å². The Kier molecular flexibility index (Phi) is 14.6.